The van der Waals surface area contributed by atoms with Crippen molar-refractivity contribution in [3.8, 4) is 28.2 Å². The summed E-state index contributed by atoms with van der Waals surface area (Å²) >= 11 is 0. The number of ether oxygens (including phenoxy) is 1. The Bertz CT molecular complexity index is 772. The van der Waals surface area contributed by atoms with E-state index in [1.165, 1.54) is 13.2 Å². The van der Waals surface area contributed by atoms with Crippen molar-refractivity contribution >= 4 is 5.82 Å². The van der Waals surface area contributed by atoms with Gasteiger partial charge in [0.1, 0.15) is 11.6 Å². The standard InChI is InChI=1S/C15H12FN3O2/c1-20-11-4-2-3-10(16)13(11)14-12(15(17)19-21-14)9-5-7-18-8-6-9/h2-8H,1H3,(H2,17,19). The molecule has 6 heteroatoms. The highest BCUT2D eigenvalue weighted by Crippen LogP contribution is 2.41. The van der Waals surface area contributed by atoms with Crippen molar-refractivity contribution in [2.24, 2.45) is 0 Å². The van der Waals surface area contributed by atoms with Gasteiger partial charge in [0.05, 0.1) is 18.2 Å². The summed E-state index contributed by atoms with van der Waals surface area (Å²) in [5.41, 5.74) is 7.31. The number of nitrogens with zero attached hydrogens (tertiary/aromatic N) is 2. The number of aromatic nitrogens is 2. The fourth-order valence-electron chi connectivity index (χ4n) is 2.17. The zero-order chi connectivity index (χ0) is 14.8. The van der Waals surface area contributed by atoms with E-state index < -0.39 is 5.82 Å². The van der Waals surface area contributed by atoms with Gasteiger partial charge >= 0.3 is 0 Å². The maximum Gasteiger partial charge on any atom is 0.183 e. The number of anilines is 1. The van der Waals surface area contributed by atoms with Crippen molar-refractivity contribution in [1.29, 1.82) is 0 Å². The Hall–Kier alpha value is -2.89. The fraction of sp³-hybridized carbons (Fsp3) is 0.0667. The van der Waals surface area contributed by atoms with Crippen molar-refractivity contribution in [2.75, 3.05) is 12.8 Å². The molecule has 0 aliphatic heterocycles. The molecule has 3 aromatic rings. The fourth-order valence-corrected chi connectivity index (χ4v) is 2.17. The second-order valence-electron chi connectivity index (χ2n) is 4.32. The molecule has 1 aromatic carbocycles. The highest BCUT2D eigenvalue weighted by atomic mass is 19.1. The summed E-state index contributed by atoms with van der Waals surface area (Å²) in [4.78, 5) is 3.95. The second kappa shape index (κ2) is 5.24. The molecule has 5 nitrogen and oxygen atoms in total. The lowest BCUT2D eigenvalue weighted by Gasteiger charge is -2.08. The minimum Gasteiger partial charge on any atom is -0.496 e. The third-order valence-corrected chi connectivity index (χ3v) is 3.11. The summed E-state index contributed by atoms with van der Waals surface area (Å²) in [6, 6.07) is 8.03. The van der Waals surface area contributed by atoms with E-state index >= 15 is 0 Å². The van der Waals surface area contributed by atoms with Crippen LogP contribution in [-0.2, 0) is 0 Å². The van der Waals surface area contributed by atoms with Gasteiger partial charge in [-0.2, -0.15) is 0 Å². The third-order valence-electron chi connectivity index (χ3n) is 3.11. The van der Waals surface area contributed by atoms with Crippen LogP contribution in [0.2, 0.25) is 0 Å². The predicted octanol–water partition coefficient (Wildman–Crippen LogP) is 3.13. The maximum atomic E-state index is 14.2. The van der Waals surface area contributed by atoms with Crippen LogP contribution < -0.4 is 10.5 Å². The Labute approximate surface area is 120 Å². The van der Waals surface area contributed by atoms with Gasteiger partial charge in [-0.1, -0.05) is 11.2 Å². The summed E-state index contributed by atoms with van der Waals surface area (Å²) in [6.07, 6.45) is 3.23. The van der Waals surface area contributed by atoms with Gasteiger partial charge in [-0.25, -0.2) is 4.39 Å². The monoisotopic (exact) mass is 285 g/mol. The molecule has 0 radical (unpaired) electrons. The highest BCUT2D eigenvalue weighted by molar-refractivity contribution is 5.88. The zero-order valence-corrected chi connectivity index (χ0v) is 11.2. The van der Waals surface area contributed by atoms with E-state index in [0.29, 0.717) is 11.3 Å². The first-order valence-corrected chi connectivity index (χ1v) is 6.20. The first-order valence-electron chi connectivity index (χ1n) is 6.20. The Kier molecular flexibility index (Phi) is 3.27. The van der Waals surface area contributed by atoms with E-state index in [1.54, 1.807) is 36.7 Å². The average molecular weight is 285 g/mol. The van der Waals surface area contributed by atoms with E-state index in [-0.39, 0.29) is 17.1 Å². The van der Waals surface area contributed by atoms with Gasteiger partial charge in [0.2, 0.25) is 0 Å². The van der Waals surface area contributed by atoms with Crippen molar-refractivity contribution in [3.63, 3.8) is 0 Å². The van der Waals surface area contributed by atoms with Gasteiger partial charge in [-0.05, 0) is 29.8 Å². The third kappa shape index (κ3) is 2.20. The van der Waals surface area contributed by atoms with E-state index in [4.69, 9.17) is 15.0 Å². The van der Waals surface area contributed by atoms with Crippen LogP contribution in [0.4, 0.5) is 10.2 Å². The molecule has 0 unspecified atom stereocenters. The number of hydrogen-bond donors (Lipinski definition) is 1. The van der Waals surface area contributed by atoms with Crippen LogP contribution in [0.1, 0.15) is 0 Å². The lowest BCUT2D eigenvalue weighted by atomic mass is 10.0. The van der Waals surface area contributed by atoms with E-state index in [1.807, 2.05) is 0 Å². The molecule has 21 heavy (non-hydrogen) atoms. The molecule has 0 saturated carbocycles. The van der Waals surface area contributed by atoms with Crippen LogP contribution in [0.25, 0.3) is 22.5 Å². The van der Waals surface area contributed by atoms with Crippen molar-refractivity contribution < 1.29 is 13.7 Å². The number of rotatable bonds is 3. The van der Waals surface area contributed by atoms with Crippen LogP contribution in [0.15, 0.2) is 47.2 Å². The average Bonchev–Trinajstić information content (AvgIpc) is 2.89. The molecule has 0 saturated heterocycles. The lowest BCUT2D eigenvalue weighted by Crippen LogP contribution is -1.93. The summed E-state index contributed by atoms with van der Waals surface area (Å²) in [6.45, 7) is 0. The highest BCUT2D eigenvalue weighted by Gasteiger charge is 2.23. The molecule has 0 bridgehead atoms. The van der Waals surface area contributed by atoms with Crippen LogP contribution in [0.5, 0.6) is 5.75 Å². The second-order valence-corrected chi connectivity index (χ2v) is 4.32. The number of halogens is 1. The molecule has 106 valence electrons. The molecule has 0 fully saturated rings. The Morgan fingerprint density at radius 2 is 1.90 bits per heavy atom. The number of benzene rings is 1. The maximum absolute atomic E-state index is 14.2. The molecule has 0 atom stereocenters. The molecular formula is C15H12FN3O2. The summed E-state index contributed by atoms with van der Waals surface area (Å²) < 4.78 is 24.7. The quantitative estimate of drug-likeness (QED) is 0.800. The normalized spacial score (nSPS) is 10.6. The van der Waals surface area contributed by atoms with E-state index in [0.717, 1.165) is 5.56 Å². The van der Waals surface area contributed by atoms with Gasteiger partial charge in [0.15, 0.2) is 11.6 Å². The number of methoxy groups -OCH3 is 1. The summed E-state index contributed by atoms with van der Waals surface area (Å²) in [5, 5.41) is 3.75. The minimum absolute atomic E-state index is 0.182. The molecule has 2 N–H and O–H groups in total. The molecule has 3 rings (SSSR count). The molecule has 0 aliphatic rings. The first-order chi connectivity index (χ1) is 10.2. The van der Waals surface area contributed by atoms with Gasteiger partial charge < -0.3 is 15.0 Å². The van der Waals surface area contributed by atoms with Gasteiger partial charge in [0.25, 0.3) is 0 Å². The lowest BCUT2D eigenvalue weighted by molar-refractivity contribution is 0.402. The predicted molar refractivity (Wildman–Crippen MR) is 76.1 cm³/mol. The Morgan fingerprint density at radius 3 is 2.62 bits per heavy atom. The largest absolute Gasteiger partial charge is 0.496 e. The number of hydrogen-bond acceptors (Lipinski definition) is 5. The first kappa shape index (κ1) is 13.1. The van der Waals surface area contributed by atoms with Crippen LogP contribution in [0, 0.1) is 5.82 Å². The van der Waals surface area contributed by atoms with Gasteiger partial charge in [-0.3, -0.25) is 4.98 Å². The molecule has 0 amide bonds. The zero-order valence-electron chi connectivity index (χ0n) is 11.2. The Morgan fingerprint density at radius 1 is 1.14 bits per heavy atom. The number of pyridine rings is 1. The van der Waals surface area contributed by atoms with Gasteiger partial charge in [0, 0.05) is 12.4 Å². The van der Waals surface area contributed by atoms with Crippen LogP contribution in [-0.4, -0.2) is 17.3 Å². The number of nitrogen functional groups attached to an aromatic ring is 1. The SMILES string of the molecule is COc1cccc(F)c1-c1onc(N)c1-c1ccncc1. The van der Waals surface area contributed by atoms with Crippen molar-refractivity contribution in [1.82, 2.24) is 10.1 Å². The van der Waals surface area contributed by atoms with E-state index in [9.17, 15) is 4.39 Å². The summed E-state index contributed by atoms with van der Waals surface area (Å²) in [7, 11) is 1.46. The molecule has 0 aliphatic carbocycles. The summed E-state index contributed by atoms with van der Waals surface area (Å²) in [5.74, 6) is 0.289. The van der Waals surface area contributed by atoms with Crippen molar-refractivity contribution in [3.05, 3.63) is 48.5 Å². The number of nitrogens with two attached hydrogens (primary N) is 1. The molecule has 2 aromatic heterocycles. The molecule has 0 spiro atoms. The van der Waals surface area contributed by atoms with Crippen LogP contribution >= 0.6 is 0 Å². The molecular weight excluding hydrogens is 273 g/mol. The molecule has 2 heterocycles. The van der Waals surface area contributed by atoms with E-state index in [2.05, 4.69) is 10.1 Å². The van der Waals surface area contributed by atoms with Crippen LogP contribution in [0.3, 0.4) is 0 Å². The van der Waals surface area contributed by atoms with Crippen molar-refractivity contribution in [2.45, 2.75) is 0 Å². The smallest absolute Gasteiger partial charge is 0.183 e. The Balaban J connectivity index is 2.27. The topological polar surface area (TPSA) is 74.2 Å². The minimum atomic E-state index is -0.471. The van der Waals surface area contributed by atoms with Gasteiger partial charge in [-0.15, -0.1) is 0 Å².